The molecule has 1 atom stereocenters. The molecule has 13 heavy (non-hydrogen) atoms. The van der Waals surface area contributed by atoms with Crippen LogP contribution in [0.15, 0.2) is 0 Å². The van der Waals surface area contributed by atoms with Gasteiger partial charge in [0.25, 0.3) is 0 Å². The summed E-state index contributed by atoms with van der Waals surface area (Å²) in [6.45, 7) is 8.24. The largest absolute Gasteiger partial charge is 0.396 e. The van der Waals surface area contributed by atoms with Gasteiger partial charge in [0.1, 0.15) is 0 Å². The fourth-order valence-electron chi connectivity index (χ4n) is 1.37. The topological polar surface area (TPSA) is 55.5 Å². The van der Waals surface area contributed by atoms with Crippen molar-refractivity contribution in [3.05, 3.63) is 0 Å². The third kappa shape index (κ3) is 3.63. The van der Waals surface area contributed by atoms with Gasteiger partial charge < -0.3 is 15.6 Å². The van der Waals surface area contributed by atoms with Gasteiger partial charge in [-0.2, -0.15) is 0 Å². The van der Waals surface area contributed by atoms with Crippen LogP contribution in [0.25, 0.3) is 0 Å². The molecule has 0 aromatic heterocycles. The molecule has 0 aliphatic carbocycles. The van der Waals surface area contributed by atoms with Crippen LogP contribution in [0.1, 0.15) is 27.2 Å². The highest BCUT2D eigenvalue weighted by Gasteiger charge is 2.31. The normalized spacial score (nSPS) is 16.2. The summed E-state index contributed by atoms with van der Waals surface area (Å²) in [6, 6.07) is 0. The van der Waals surface area contributed by atoms with Crippen molar-refractivity contribution in [2.75, 3.05) is 26.4 Å². The molecule has 0 rings (SSSR count). The lowest BCUT2D eigenvalue weighted by Crippen LogP contribution is -2.40. The van der Waals surface area contributed by atoms with Gasteiger partial charge in [-0.3, -0.25) is 0 Å². The molecule has 0 amide bonds. The number of hydrogen-bond donors (Lipinski definition) is 2. The van der Waals surface area contributed by atoms with Gasteiger partial charge in [0.15, 0.2) is 0 Å². The van der Waals surface area contributed by atoms with Crippen molar-refractivity contribution in [1.29, 1.82) is 0 Å². The van der Waals surface area contributed by atoms with Gasteiger partial charge in [-0.15, -0.1) is 0 Å². The van der Waals surface area contributed by atoms with Crippen LogP contribution in [-0.2, 0) is 4.74 Å². The molecule has 3 nitrogen and oxygen atoms in total. The summed E-state index contributed by atoms with van der Waals surface area (Å²) in [5.74, 6) is 0.392. The van der Waals surface area contributed by atoms with Crippen LogP contribution in [0.3, 0.4) is 0 Å². The van der Waals surface area contributed by atoms with Crippen molar-refractivity contribution >= 4 is 0 Å². The number of rotatable bonds is 7. The summed E-state index contributed by atoms with van der Waals surface area (Å²) < 4.78 is 5.28. The van der Waals surface area contributed by atoms with E-state index in [9.17, 15) is 5.11 Å². The summed E-state index contributed by atoms with van der Waals surface area (Å²) >= 11 is 0. The fraction of sp³-hybridized carbons (Fsp3) is 1.00. The van der Waals surface area contributed by atoms with E-state index in [4.69, 9.17) is 10.5 Å². The Morgan fingerprint density at radius 3 is 2.38 bits per heavy atom. The number of ether oxygens (including phenoxy) is 1. The summed E-state index contributed by atoms with van der Waals surface area (Å²) in [5, 5.41) is 9.31. The average molecular weight is 189 g/mol. The zero-order chi connectivity index (χ0) is 10.3. The van der Waals surface area contributed by atoms with Crippen LogP contribution in [0, 0.1) is 11.3 Å². The molecule has 0 bridgehead atoms. The highest BCUT2D eigenvalue weighted by atomic mass is 16.5. The monoisotopic (exact) mass is 189 g/mol. The van der Waals surface area contributed by atoms with Gasteiger partial charge in [0.05, 0.1) is 6.61 Å². The Balaban J connectivity index is 4.06. The molecule has 0 aliphatic heterocycles. The van der Waals surface area contributed by atoms with E-state index in [1.54, 1.807) is 0 Å². The van der Waals surface area contributed by atoms with Crippen LogP contribution >= 0.6 is 0 Å². The van der Waals surface area contributed by atoms with Crippen molar-refractivity contribution in [1.82, 2.24) is 0 Å². The summed E-state index contributed by atoms with van der Waals surface area (Å²) in [6.07, 6.45) is 0.839. The quantitative estimate of drug-likeness (QED) is 0.588. The Labute approximate surface area is 81.3 Å². The van der Waals surface area contributed by atoms with E-state index in [2.05, 4.69) is 13.8 Å². The molecule has 1 unspecified atom stereocenters. The van der Waals surface area contributed by atoms with Crippen LogP contribution in [-0.4, -0.2) is 31.5 Å². The Morgan fingerprint density at radius 2 is 2.08 bits per heavy atom. The molecule has 3 N–H and O–H groups in total. The fourth-order valence-corrected chi connectivity index (χ4v) is 1.37. The van der Waals surface area contributed by atoms with Crippen molar-refractivity contribution < 1.29 is 9.84 Å². The van der Waals surface area contributed by atoms with E-state index in [1.807, 2.05) is 6.92 Å². The molecular formula is C10H23NO2. The summed E-state index contributed by atoms with van der Waals surface area (Å²) in [4.78, 5) is 0. The SMILES string of the molecule is CCOCCC(CN)(CO)C(C)C. The van der Waals surface area contributed by atoms with Crippen LogP contribution in [0.5, 0.6) is 0 Å². The Morgan fingerprint density at radius 1 is 1.46 bits per heavy atom. The lowest BCUT2D eigenvalue weighted by molar-refractivity contribution is 0.0352. The third-order valence-corrected chi connectivity index (χ3v) is 2.89. The van der Waals surface area contributed by atoms with Gasteiger partial charge >= 0.3 is 0 Å². The Hall–Kier alpha value is -0.120. The smallest absolute Gasteiger partial charge is 0.0502 e. The predicted molar refractivity (Wildman–Crippen MR) is 54.5 cm³/mol. The van der Waals surface area contributed by atoms with E-state index >= 15 is 0 Å². The summed E-state index contributed by atoms with van der Waals surface area (Å²) in [7, 11) is 0. The highest BCUT2D eigenvalue weighted by Crippen LogP contribution is 2.29. The molecule has 0 saturated carbocycles. The van der Waals surface area contributed by atoms with Crippen molar-refractivity contribution in [3.63, 3.8) is 0 Å². The second-order valence-electron chi connectivity index (χ2n) is 3.83. The lowest BCUT2D eigenvalue weighted by Gasteiger charge is -2.34. The minimum atomic E-state index is -0.158. The maximum atomic E-state index is 9.31. The maximum Gasteiger partial charge on any atom is 0.0502 e. The number of nitrogens with two attached hydrogens (primary N) is 1. The number of aliphatic hydroxyl groups excluding tert-OH is 1. The molecule has 0 aliphatic rings. The van der Waals surface area contributed by atoms with Crippen LogP contribution in [0.4, 0.5) is 0 Å². The molecule has 0 saturated heterocycles. The first kappa shape index (κ1) is 12.9. The van der Waals surface area contributed by atoms with Crippen molar-refractivity contribution in [3.8, 4) is 0 Å². The summed E-state index contributed by atoms with van der Waals surface area (Å²) in [5.41, 5.74) is 5.53. The van der Waals surface area contributed by atoms with Crippen molar-refractivity contribution in [2.24, 2.45) is 17.1 Å². The van der Waals surface area contributed by atoms with Gasteiger partial charge in [-0.05, 0) is 19.3 Å². The Bertz CT molecular complexity index is 122. The molecule has 3 heteroatoms. The minimum Gasteiger partial charge on any atom is -0.396 e. The van der Waals surface area contributed by atoms with E-state index in [1.165, 1.54) is 0 Å². The zero-order valence-corrected chi connectivity index (χ0v) is 9.05. The molecule has 0 heterocycles. The predicted octanol–water partition coefficient (Wildman–Crippen LogP) is 1.01. The maximum absolute atomic E-state index is 9.31. The second kappa shape index (κ2) is 6.35. The molecule has 0 spiro atoms. The van der Waals surface area contributed by atoms with E-state index in [-0.39, 0.29) is 12.0 Å². The first-order valence-corrected chi connectivity index (χ1v) is 5.01. The Kier molecular flexibility index (Phi) is 6.29. The minimum absolute atomic E-state index is 0.147. The zero-order valence-electron chi connectivity index (χ0n) is 9.05. The van der Waals surface area contributed by atoms with E-state index < -0.39 is 0 Å². The molecule has 0 aromatic carbocycles. The lowest BCUT2D eigenvalue weighted by atomic mass is 9.75. The molecular weight excluding hydrogens is 166 g/mol. The highest BCUT2D eigenvalue weighted by molar-refractivity contribution is 4.82. The van der Waals surface area contributed by atoms with Crippen LogP contribution < -0.4 is 5.73 Å². The number of aliphatic hydroxyl groups is 1. The average Bonchev–Trinajstić information content (AvgIpc) is 2.13. The molecule has 80 valence electrons. The van der Waals surface area contributed by atoms with Gasteiger partial charge in [0.2, 0.25) is 0 Å². The van der Waals surface area contributed by atoms with E-state index in [0.717, 1.165) is 13.0 Å². The molecule has 0 radical (unpaired) electrons. The standard InChI is InChI=1S/C10H23NO2/c1-4-13-6-5-10(7-11,8-12)9(2)3/h9,12H,4-8,11H2,1-3H3. The second-order valence-corrected chi connectivity index (χ2v) is 3.83. The first-order chi connectivity index (χ1) is 6.13. The molecule has 0 aromatic rings. The van der Waals surface area contributed by atoms with Crippen LogP contribution in [0.2, 0.25) is 0 Å². The first-order valence-electron chi connectivity index (χ1n) is 5.01. The van der Waals surface area contributed by atoms with Gasteiger partial charge in [-0.1, -0.05) is 13.8 Å². The number of hydrogen-bond acceptors (Lipinski definition) is 3. The van der Waals surface area contributed by atoms with E-state index in [0.29, 0.717) is 19.1 Å². The van der Waals surface area contributed by atoms with Gasteiger partial charge in [0, 0.05) is 25.2 Å². The van der Waals surface area contributed by atoms with Gasteiger partial charge in [-0.25, -0.2) is 0 Å². The van der Waals surface area contributed by atoms with Crippen molar-refractivity contribution in [2.45, 2.75) is 27.2 Å². The molecule has 0 fully saturated rings. The third-order valence-electron chi connectivity index (χ3n) is 2.89.